The fourth-order valence-corrected chi connectivity index (χ4v) is 3.09. The van der Waals surface area contributed by atoms with Crippen LogP contribution in [0.1, 0.15) is 20.1 Å². The second-order valence-corrected chi connectivity index (χ2v) is 6.06. The van der Waals surface area contributed by atoms with E-state index in [0.717, 1.165) is 0 Å². The summed E-state index contributed by atoms with van der Waals surface area (Å²) < 4.78 is 18.4. The minimum Gasteiger partial charge on any atom is -0.857 e. The number of carbonyl (C=O) groups is 1. The number of carboxylic acid groups (broad SMARTS) is 1. The molecule has 2 aromatic rings. The van der Waals surface area contributed by atoms with E-state index in [1.807, 2.05) is 0 Å². The van der Waals surface area contributed by atoms with E-state index in [-0.39, 0.29) is 46.7 Å². The van der Waals surface area contributed by atoms with Crippen molar-refractivity contribution in [3.63, 3.8) is 0 Å². The van der Waals surface area contributed by atoms with E-state index in [1.54, 1.807) is 13.8 Å². The first-order valence-electron chi connectivity index (χ1n) is 7.18. The SMILES string of the molecule is CC1(C)O[C@@H]2[C@H](O1)[C@@H](C(=O)O)O[C@H]2n1cnc2c([O-])nc(N)nc21.[Na+]. The molecule has 4 heterocycles. The molecule has 0 aromatic carbocycles. The molecule has 0 saturated carbocycles. The standard InChI is InChI=1S/C13H15N5O6.Na/c1-13(2)23-5-6(24-13)10(22-7(5)11(20)21)18-3-15-4-8(18)16-12(14)17-9(4)19;/h3,5-7,10H,1-2H3,(H,20,21)(H3,14,16,17,19);/q;+1/p-1/t5-,6+,7-,10+;/m0./s1. The first-order valence-corrected chi connectivity index (χ1v) is 7.18. The van der Waals surface area contributed by atoms with Crippen LogP contribution in [-0.4, -0.2) is 54.7 Å². The number of fused-ring (bicyclic) bond motifs is 2. The molecule has 12 heteroatoms. The maximum absolute atomic E-state index is 11.8. The number of anilines is 1. The summed E-state index contributed by atoms with van der Waals surface area (Å²) in [5.41, 5.74) is 5.69. The molecule has 25 heavy (non-hydrogen) atoms. The topological polar surface area (TPSA) is 158 Å². The third-order valence-electron chi connectivity index (χ3n) is 3.95. The Hall–Kier alpha value is -1.50. The monoisotopic (exact) mass is 359 g/mol. The van der Waals surface area contributed by atoms with Crippen LogP contribution in [0.15, 0.2) is 6.33 Å². The molecule has 0 unspecified atom stereocenters. The molecular formula is C13H14N5NaO6. The van der Waals surface area contributed by atoms with Gasteiger partial charge in [-0.1, -0.05) is 0 Å². The van der Waals surface area contributed by atoms with Crippen LogP contribution >= 0.6 is 0 Å². The number of aliphatic carboxylic acids is 1. The number of imidazole rings is 1. The van der Waals surface area contributed by atoms with Gasteiger partial charge < -0.3 is 30.2 Å². The molecule has 0 amide bonds. The zero-order valence-corrected chi connectivity index (χ0v) is 15.7. The molecule has 128 valence electrons. The van der Waals surface area contributed by atoms with Crippen molar-refractivity contribution in [2.24, 2.45) is 0 Å². The number of aromatic nitrogens is 4. The van der Waals surface area contributed by atoms with Crippen LogP contribution in [0.5, 0.6) is 5.88 Å². The van der Waals surface area contributed by atoms with Crippen LogP contribution in [0.3, 0.4) is 0 Å². The van der Waals surface area contributed by atoms with Crippen molar-refractivity contribution in [1.82, 2.24) is 19.5 Å². The average molecular weight is 359 g/mol. The number of hydrogen-bond acceptors (Lipinski definition) is 9. The molecule has 2 fully saturated rings. The summed E-state index contributed by atoms with van der Waals surface area (Å²) in [5.74, 6) is -2.96. The fraction of sp³-hybridized carbons (Fsp3) is 0.538. The third-order valence-corrected chi connectivity index (χ3v) is 3.95. The molecule has 0 aliphatic carbocycles. The molecule has 0 spiro atoms. The number of rotatable bonds is 2. The second kappa shape index (κ2) is 6.04. The van der Waals surface area contributed by atoms with Crippen molar-refractivity contribution in [3.8, 4) is 5.88 Å². The Morgan fingerprint density at radius 1 is 1.36 bits per heavy atom. The number of nitrogens with two attached hydrogens (primary N) is 1. The molecule has 3 N–H and O–H groups in total. The van der Waals surface area contributed by atoms with Gasteiger partial charge in [-0.2, -0.15) is 4.98 Å². The average Bonchev–Trinajstić information content (AvgIpc) is 3.09. The van der Waals surface area contributed by atoms with Crippen molar-refractivity contribution in [2.75, 3.05) is 5.73 Å². The molecule has 11 nitrogen and oxygen atoms in total. The van der Waals surface area contributed by atoms with Gasteiger partial charge in [0.2, 0.25) is 5.95 Å². The zero-order chi connectivity index (χ0) is 17.2. The molecule has 4 rings (SSSR count). The van der Waals surface area contributed by atoms with Gasteiger partial charge in [-0.3, -0.25) is 4.57 Å². The van der Waals surface area contributed by atoms with Crippen LogP contribution in [0.25, 0.3) is 11.2 Å². The van der Waals surface area contributed by atoms with Gasteiger partial charge in [0.1, 0.15) is 17.7 Å². The summed E-state index contributed by atoms with van der Waals surface area (Å²) in [6.07, 6.45) is -2.28. The van der Waals surface area contributed by atoms with Crippen molar-refractivity contribution < 1.29 is 58.8 Å². The van der Waals surface area contributed by atoms with E-state index in [2.05, 4.69) is 15.0 Å². The first kappa shape index (κ1) is 18.3. The second-order valence-electron chi connectivity index (χ2n) is 6.06. The summed E-state index contributed by atoms with van der Waals surface area (Å²) in [4.78, 5) is 23.0. The summed E-state index contributed by atoms with van der Waals surface area (Å²) in [7, 11) is 0. The zero-order valence-electron chi connectivity index (χ0n) is 13.7. The van der Waals surface area contributed by atoms with Crippen molar-refractivity contribution in [1.29, 1.82) is 0 Å². The van der Waals surface area contributed by atoms with Crippen molar-refractivity contribution in [2.45, 2.75) is 44.2 Å². The Kier molecular flexibility index (Phi) is 4.42. The third kappa shape index (κ3) is 2.86. The minimum atomic E-state index is -1.22. The van der Waals surface area contributed by atoms with E-state index in [1.165, 1.54) is 10.9 Å². The number of nitrogens with zero attached hydrogens (tertiary/aromatic N) is 4. The predicted molar refractivity (Wildman–Crippen MR) is 74.6 cm³/mol. The first-order chi connectivity index (χ1) is 11.3. The molecule has 2 aliphatic heterocycles. The van der Waals surface area contributed by atoms with E-state index >= 15 is 0 Å². The maximum Gasteiger partial charge on any atom is 1.00 e. The Morgan fingerprint density at radius 3 is 2.72 bits per heavy atom. The molecule has 0 bridgehead atoms. The van der Waals surface area contributed by atoms with Gasteiger partial charge >= 0.3 is 35.5 Å². The normalized spacial score (nSPS) is 30.2. The van der Waals surface area contributed by atoms with E-state index in [0.29, 0.717) is 0 Å². The van der Waals surface area contributed by atoms with E-state index in [9.17, 15) is 15.0 Å². The molecule has 2 saturated heterocycles. The van der Waals surface area contributed by atoms with Gasteiger partial charge in [-0.15, -0.1) is 0 Å². The van der Waals surface area contributed by atoms with Crippen LogP contribution in [0.4, 0.5) is 5.95 Å². The van der Waals surface area contributed by atoms with Gasteiger partial charge in [0.15, 0.2) is 23.8 Å². The van der Waals surface area contributed by atoms with Gasteiger partial charge in [0.05, 0.1) is 6.33 Å². The minimum absolute atomic E-state index is 0. The maximum atomic E-state index is 11.8. The van der Waals surface area contributed by atoms with Gasteiger partial charge in [0.25, 0.3) is 0 Å². The number of hydrogen-bond donors (Lipinski definition) is 2. The summed E-state index contributed by atoms with van der Waals surface area (Å²) in [6, 6.07) is 0. The number of ether oxygens (including phenoxy) is 3. The van der Waals surface area contributed by atoms with Gasteiger partial charge in [-0.25, -0.2) is 14.8 Å². The van der Waals surface area contributed by atoms with Crippen LogP contribution in [-0.2, 0) is 19.0 Å². The van der Waals surface area contributed by atoms with Crippen LogP contribution < -0.4 is 40.4 Å². The molecule has 2 aliphatic rings. The summed E-state index contributed by atoms with van der Waals surface area (Å²) >= 11 is 0. The molecule has 2 aromatic heterocycles. The van der Waals surface area contributed by atoms with Crippen LogP contribution in [0, 0.1) is 0 Å². The quantitative estimate of drug-likeness (QED) is 0.506. The summed E-state index contributed by atoms with van der Waals surface area (Å²) in [5, 5.41) is 21.2. The smallest absolute Gasteiger partial charge is 0.857 e. The Balaban J connectivity index is 0.00000182. The number of carboxylic acids is 1. The fourth-order valence-electron chi connectivity index (χ4n) is 3.09. The van der Waals surface area contributed by atoms with Crippen molar-refractivity contribution in [3.05, 3.63) is 6.33 Å². The molecule has 4 atom stereocenters. The summed E-state index contributed by atoms with van der Waals surface area (Å²) in [6.45, 7) is 3.37. The Morgan fingerprint density at radius 2 is 2.04 bits per heavy atom. The van der Waals surface area contributed by atoms with Gasteiger partial charge in [-0.05, 0) is 13.8 Å². The van der Waals surface area contributed by atoms with E-state index in [4.69, 9.17) is 19.9 Å². The molecule has 0 radical (unpaired) electrons. The van der Waals surface area contributed by atoms with Gasteiger partial charge in [0, 0.05) is 5.88 Å². The predicted octanol–water partition coefficient (Wildman–Crippen LogP) is -4.01. The van der Waals surface area contributed by atoms with Crippen molar-refractivity contribution >= 4 is 23.1 Å². The largest absolute Gasteiger partial charge is 1.00 e. The van der Waals surface area contributed by atoms with Crippen LogP contribution in [0.2, 0.25) is 0 Å². The van der Waals surface area contributed by atoms with E-state index < -0.39 is 42.2 Å². The molecular weight excluding hydrogens is 345 g/mol. The Labute approximate surface area is 163 Å². The number of nitrogen functional groups attached to an aromatic ring is 1. The Bertz CT molecular complexity index is 842.